The molecule has 9 heteroatoms. The second-order valence-electron chi connectivity index (χ2n) is 7.39. The number of halogens is 1. The van der Waals surface area contributed by atoms with Gasteiger partial charge in [0.2, 0.25) is 11.8 Å². The van der Waals surface area contributed by atoms with E-state index in [4.69, 9.17) is 11.6 Å². The lowest BCUT2D eigenvalue weighted by Crippen LogP contribution is -2.31. The van der Waals surface area contributed by atoms with Gasteiger partial charge in [0.05, 0.1) is 22.6 Å². The summed E-state index contributed by atoms with van der Waals surface area (Å²) in [5, 5.41) is 8.12. The molecular weight excluding hydrogens is 460 g/mol. The fourth-order valence-electron chi connectivity index (χ4n) is 2.95. The van der Waals surface area contributed by atoms with Gasteiger partial charge in [0, 0.05) is 29.4 Å². The molecule has 2 N–H and O–H groups in total. The molecule has 3 aromatic rings. The van der Waals surface area contributed by atoms with E-state index in [0.717, 1.165) is 0 Å². The van der Waals surface area contributed by atoms with Crippen LogP contribution in [0.15, 0.2) is 60.0 Å². The number of rotatable bonds is 7. The van der Waals surface area contributed by atoms with Crippen molar-refractivity contribution in [2.45, 2.75) is 26.8 Å². The molecule has 0 spiro atoms. The smallest absolute Gasteiger partial charge is 0.253 e. The maximum absolute atomic E-state index is 12.5. The summed E-state index contributed by atoms with van der Waals surface area (Å²) in [6.07, 6.45) is 2.85. The number of nitrogens with one attached hydrogen (secondary N) is 2. The zero-order chi connectivity index (χ0) is 24.0. The van der Waals surface area contributed by atoms with E-state index in [1.54, 1.807) is 17.5 Å². The molecule has 0 aliphatic heterocycles. The number of hydrogen-bond acceptors (Lipinski definition) is 5. The van der Waals surface area contributed by atoms with Gasteiger partial charge in [-0.25, -0.2) is 4.98 Å². The van der Waals surface area contributed by atoms with Crippen molar-refractivity contribution in [1.82, 2.24) is 10.3 Å². The number of hydrogen-bond donors (Lipinski definition) is 2. The van der Waals surface area contributed by atoms with Crippen LogP contribution in [0.3, 0.4) is 0 Å². The monoisotopic (exact) mass is 482 g/mol. The van der Waals surface area contributed by atoms with Crippen LogP contribution in [0.2, 0.25) is 5.02 Å². The van der Waals surface area contributed by atoms with E-state index < -0.39 is 5.91 Å². The lowest BCUT2D eigenvalue weighted by atomic mass is 10.1. The van der Waals surface area contributed by atoms with Crippen molar-refractivity contribution in [2.24, 2.45) is 0 Å². The molecule has 0 unspecified atom stereocenters. The number of para-hydroxylation sites is 1. The Labute approximate surface area is 201 Å². The number of benzene rings is 2. The predicted octanol–water partition coefficient (Wildman–Crippen LogP) is 5.27. The van der Waals surface area contributed by atoms with Gasteiger partial charge >= 0.3 is 0 Å². The number of nitrogens with zero attached hydrogens (tertiary/aromatic N) is 2. The molecule has 0 radical (unpaired) electrons. The highest BCUT2D eigenvalue weighted by atomic mass is 35.5. The highest BCUT2D eigenvalue weighted by molar-refractivity contribution is 7.14. The molecule has 0 aliphatic rings. The zero-order valence-corrected chi connectivity index (χ0v) is 19.9. The van der Waals surface area contributed by atoms with E-state index in [9.17, 15) is 14.4 Å². The Morgan fingerprint density at radius 2 is 1.85 bits per heavy atom. The second-order valence-corrected chi connectivity index (χ2v) is 8.66. The molecule has 0 atom stereocenters. The van der Waals surface area contributed by atoms with Crippen LogP contribution in [0.5, 0.6) is 0 Å². The minimum Gasteiger partial charge on any atom is -0.350 e. The molecule has 170 valence electrons. The van der Waals surface area contributed by atoms with Crippen LogP contribution in [-0.2, 0) is 9.59 Å². The Hall–Kier alpha value is -3.49. The van der Waals surface area contributed by atoms with Crippen LogP contribution in [-0.4, -0.2) is 28.7 Å². The standard InChI is InChI=1S/C24H23ClN4O3S/c1-15(2)26-23(32)20-11-9-17(25)13-21(20)28-22(31)12-10-18-14-33-24(27-18)29(16(3)30)19-7-5-4-6-8-19/h4-15H,1-3H3,(H,26,32)(H,28,31)/b12-10+. The summed E-state index contributed by atoms with van der Waals surface area (Å²) in [7, 11) is 0. The first-order chi connectivity index (χ1) is 15.7. The summed E-state index contributed by atoms with van der Waals surface area (Å²) in [6.45, 7) is 5.17. The van der Waals surface area contributed by atoms with E-state index in [2.05, 4.69) is 15.6 Å². The molecule has 1 aromatic heterocycles. The molecule has 3 rings (SSSR count). The first-order valence-electron chi connectivity index (χ1n) is 10.2. The van der Waals surface area contributed by atoms with Crippen molar-refractivity contribution in [2.75, 3.05) is 10.2 Å². The molecule has 3 amide bonds. The maximum atomic E-state index is 12.5. The minimum absolute atomic E-state index is 0.0547. The van der Waals surface area contributed by atoms with Crippen molar-refractivity contribution in [3.63, 3.8) is 0 Å². The summed E-state index contributed by atoms with van der Waals surface area (Å²) in [5.74, 6) is -0.927. The second kappa shape index (κ2) is 10.9. The van der Waals surface area contributed by atoms with Crippen molar-refractivity contribution in [3.05, 3.63) is 76.3 Å². The summed E-state index contributed by atoms with van der Waals surface area (Å²) in [5.41, 5.74) is 1.85. The molecule has 2 aromatic carbocycles. The molecule has 1 heterocycles. The lowest BCUT2D eigenvalue weighted by Gasteiger charge is -2.17. The molecule has 0 saturated carbocycles. The Balaban J connectivity index is 1.75. The highest BCUT2D eigenvalue weighted by Crippen LogP contribution is 2.29. The summed E-state index contributed by atoms with van der Waals surface area (Å²) in [6, 6.07) is 13.8. The summed E-state index contributed by atoms with van der Waals surface area (Å²) in [4.78, 5) is 43.1. The van der Waals surface area contributed by atoms with Crippen LogP contribution in [0, 0.1) is 0 Å². The molecule has 7 nitrogen and oxygen atoms in total. The third-order valence-corrected chi connectivity index (χ3v) is 5.42. The van der Waals surface area contributed by atoms with Gasteiger partial charge in [-0.2, -0.15) is 0 Å². The molecule has 0 fully saturated rings. The maximum Gasteiger partial charge on any atom is 0.253 e. The quantitative estimate of drug-likeness (QED) is 0.449. The van der Waals surface area contributed by atoms with Gasteiger partial charge in [0.15, 0.2) is 5.13 Å². The Morgan fingerprint density at radius 3 is 2.52 bits per heavy atom. The van der Waals surface area contributed by atoms with E-state index in [1.165, 1.54) is 41.4 Å². The Kier molecular flexibility index (Phi) is 7.97. The topological polar surface area (TPSA) is 91.4 Å². The normalized spacial score (nSPS) is 10.9. The fourth-order valence-corrected chi connectivity index (χ4v) is 3.98. The fraction of sp³-hybridized carbons (Fsp3) is 0.167. The molecule has 0 bridgehead atoms. The number of carbonyl (C=O) groups is 3. The first kappa shape index (κ1) is 24.2. The third-order valence-electron chi connectivity index (χ3n) is 4.34. The molecular formula is C24H23ClN4O3S. The average Bonchev–Trinajstić information content (AvgIpc) is 3.21. The Morgan fingerprint density at radius 1 is 1.12 bits per heavy atom. The van der Waals surface area contributed by atoms with Gasteiger partial charge in [-0.3, -0.25) is 19.3 Å². The number of anilines is 3. The highest BCUT2D eigenvalue weighted by Gasteiger charge is 2.17. The number of thiazole rings is 1. The van der Waals surface area contributed by atoms with Gasteiger partial charge in [-0.05, 0) is 50.3 Å². The van der Waals surface area contributed by atoms with E-state index >= 15 is 0 Å². The zero-order valence-electron chi connectivity index (χ0n) is 18.3. The minimum atomic E-state index is -0.447. The average molecular weight is 483 g/mol. The van der Waals surface area contributed by atoms with Crippen molar-refractivity contribution < 1.29 is 14.4 Å². The van der Waals surface area contributed by atoms with E-state index in [0.29, 0.717) is 32.8 Å². The van der Waals surface area contributed by atoms with Crippen molar-refractivity contribution in [1.29, 1.82) is 0 Å². The van der Waals surface area contributed by atoms with Gasteiger partial charge in [-0.1, -0.05) is 29.8 Å². The molecule has 0 saturated heterocycles. The van der Waals surface area contributed by atoms with Crippen LogP contribution in [0.1, 0.15) is 36.8 Å². The molecule has 0 aliphatic carbocycles. The summed E-state index contributed by atoms with van der Waals surface area (Å²) >= 11 is 7.34. The molecule has 33 heavy (non-hydrogen) atoms. The van der Waals surface area contributed by atoms with Gasteiger partial charge in [-0.15, -0.1) is 11.3 Å². The van der Waals surface area contributed by atoms with Crippen LogP contribution in [0.25, 0.3) is 6.08 Å². The van der Waals surface area contributed by atoms with Gasteiger partial charge in [0.1, 0.15) is 0 Å². The van der Waals surface area contributed by atoms with Crippen LogP contribution >= 0.6 is 22.9 Å². The SMILES string of the molecule is CC(=O)N(c1ccccc1)c1nc(/C=C/C(=O)Nc2cc(Cl)ccc2C(=O)NC(C)C)cs1. The van der Waals surface area contributed by atoms with E-state index in [1.807, 2.05) is 44.2 Å². The summed E-state index contributed by atoms with van der Waals surface area (Å²) < 4.78 is 0. The lowest BCUT2D eigenvalue weighted by molar-refractivity contribution is -0.116. The first-order valence-corrected chi connectivity index (χ1v) is 11.4. The Bertz CT molecular complexity index is 1190. The van der Waals surface area contributed by atoms with Gasteiger partial charge in [0.25, 0.3) is 5.91 Å². The van der Waals surface area contributed by atoms with Crippen LogP contribution in [0.4, 0.5) is 16.5 Å². The third kappa shape index (κ3) is 6.50. The number of aromatic nitrogens is 1. The number of carbonyl (C=O) groups excluding carboxylic acids is 3. The van der Waals surface area contributed by atoms with Gasteiger partial charge < -0.3 is 10.6 Å². The predicted molar refractivity (Wildman–Crippen MR) is 133 cm³/mol. The van der Waals surface area contributed by atoms with Crippen molar-refractivity contribution >= 4 is 63.2 Å². The van der Waals surface area contributed by atoms with E-state index in [-0.39, 0.29) is 17.9 Å². The van der Waals surface area contributed by atoms with Crippen molar-refractivity contribution in [3.8, 4) is 0 Å². The number of amides is 3. The largest absolute Gasteiger partial charge is 0.350 e. The van der Waals surface area contributed by atoms with Crippen LogP contribution < -0.4 is 15.5 Å².